The van der Waals surface area contributed by atoms with Crippen LogP contribution in [0.1, 0.15) is 16.7 Å². The molecule has 1 aliphatic heterocycles. The van der Waals surface area contributed by atoms with Gasteiger partial charge in [0.25, 0.3) is 0 Å². The summed E-state index contributed by atoms with van der Waals surface area (Å²) in [5.74, 6) is -1.71. The number of rotatable bonds is 8. The number of aromatic nitrogens is 4. The molecular weight excluding hydrogens is 549 g/mol. The van der Waals surface area contributed by atoms with Gasteiger partial charge in [0, 0.05) is 0 Å². The van der Waals surface area contributed by atoms with Crippen molar-refractivity contribution in [2.75, 3.05) is 26.1 Å². The van der Waals surface area contributed by atoms with Crippen LogP contribution in [0, 0.1) is 0 Å². The second-order valence-corrected chi connectivity index (χ2v) is 10.1. The zero-order valence-corrected chi connectivity index (χ0v) is 22.8. The van der Waals surface area contributed by atoms with Crippen LogP contribution in [-0.4, -0.2) is 57.2 Å². The Kier molecular flexibility index (Phi) is 7.08. The molecule has 0 radical (unpaired) electrons. The largest absolute Gasteiger partial charge is 0.497 e. The van der Waals surface area contributed by atoms with Crippen LogP contribution < -0.4 is 10.5 Å². The monoisotopic (exact) mass is 575 g/mol. The van der Waals surface area contributed by atoms with Crippen molar-refractivity contribution in [1.82, 2.24) is 19.5 Å². The molecule has 5 aromatic rings. The Balaban J connectivity index is 1.38. The number of methoxy groups -OCH3 is 1. The topological polar surface area (TPSA) is 118 Å². The Bertz CT molecular complexity index is 1620. The molecule has 1 aliphatic rings. The Labute approximate surface area is 240 Å². The third-order valence-electron chi connectivity index (χ3n) is 7.42. The number of fused-ring (bicyclic) bond motifs is 1. The van der Waals surface area contributed by atoms with E-state index in [1.165, 1.54) is 6.33 Å². The normalized spacial score (nSPS) is 20.9. The highest BCUT2D eigenvalue weighted by Gasteiger charge is 2.53. The molecule has 0 bridgehead atoms. The highest BCUT2D eigenvalue weighted by molar-refractivity contribution is 6.28. The second-order valence-electron chi connectivity index (χ2n) is 9.73. The molecule has 0 saturated carbocycles. The van der Waals surface area contributed by atoms with Gasteiger partial charge in [0.2, 0.25) is 11.1 Å². The number of nitrogens with two attached hydrogens (primary N) is 1. The highest BCUT2D eigenvalue weighted by Crippen LogP contribution is 2.43. The predicted molar refractivity (Wildman–Crippen MR) is 151 cm³/mol. The molecule has 11 heteroatoms. The van der Waals surface area contributed by atoms with Gasteiger partial charge in [-0.2, -0.15) is 9.97 Å². The van der Waals surface area contributed by atoms with Crippen molar-refractivity contribution < 1.29 is 23.7 Å². The molecule has 6 rings (SSSR count). The Morgan fingerprint density at radius 3 is 2.24 bits per heavy atom. The van der Waals surface area contributed by atoms with Gasteiger partial charge < -0.3 is 25.1 Å². The maximum atomic E-state index is 16.5. The van der Waals surface area contributed by atoms with Crippen molar-refractivity contribution in [3.8, 4) is 5.75 Å². The molecule has 0 aliphatic carbocycles. The number of imidazole rings is 1. The SMILES string of the molecule is COc1ccc(C(OC[C@H]2OC[C@](F)(n3cnc4c(N)nc(Cl)nc43)[C@@H]2O)(c2ccccc2)c2ccccc2)cc1. The van der Waals surface area contributed by atoms with Gasteiger partial charge in [-0.3, -0.25) is 4.57 Å². The number of aliphatic hydroxyl groups excluding tert-OH is 1. The van der Waals surface area contributed by atoms with Crippen molar-refractivity contribution in [3.63, 3.8) is 0 Å². The fourth-order valence-corrected chi connectivity index (χ4v) is 5.50. The molecular formula is C30H27ClFN5O4. The third-order valence-corrected chi connectivity index (χ3v) is 7.59. The number of benzene rings is 3. The maximum Gasteiger partial charge on any atom is 0.240 e. The molecule has 0 spiro atoms. The van der Waals surface area contributed by atoms with Crippen LogP contribution in [0.2, 0.25) is 5.28 Å². The van der Waals surface area contributed by atoms with Gasteiger partial charge in [-0.1, -0.05) is 72.8 Å². The predicted octanol–water partition coefficient (Wildman–Crippen LogP) is 4.46. The molecule has 2 aromatic heterocycles. The number of nitrogen functional groups attached to an aromatic ring is 1. The molecule has 3 N–H and O–H groups in total. The second kappa shape index (κ2) is 10.7. The van der Waals surface area contributed by atoms with Gasteiger partial charge >= 0.3 is 0 Å². The molecule has 1 fully saturated rings. The molecule has 9 nitrogen and oxygen atoms in total. The molecule has 1 saturated heterocycles. The molecule has 41 heavy (non-hydrogen) atoms. The van der Waals surface area contributed by atoms with E-state index in [2.05, 4.69) is 15.0 Å². The van der Waals surface area contributed by atoms with E-state index in [0.29, 0.717) is 5.75 Å². The lowest BCUT2D eigenvalue weighted by Gasteiger charge is -2.37. The van der Waals surface area contributed by atoms with E-state index in [0.717, 1.165) is 21.3 Å². The summed E-state index contributed by atoms with van der Waals surface area (Å²) in [6.07, 6.45) is -1.45. The average Bonchev–Trinajstić information content (AvgIpc) is 3.56. The summed E-state index contributed by atoms with van der Waals surface area (Å²) in [5.41, 5.74) is 7.51. The van der Waals surface area contributed by atoms with Crippen LogP contribution in [0.5, 0.6) is 5.75 Å². The van der Waals surface area contributed by atoms with Crippen LogP contribution in [0.15, 0.2) is 91.3 Å². The number of hydrogen-bond acceptors (Lipinski definition) is 8. The highest BCUT2D eigenvalue weighted by atomic mass is 35.5. The van der Waals surface area contributed by atoms with Crippen molar-refractivity contribution >= 4 is 28.6 Å². The number of anilines is 1. The number of nitrogens with zero attached hydrogens (tertiary/aromatic N) is 4. The van der Waals surface area contributed by atoms with Gasteiger partial charge in [0.1, 0.15) is 35.7 Å². The summed E-state index contributed by atoms with van der Waals surface area (Å²) in [5, 5.41) is 11.1. The van der Waals surface area contributed by atoms with Crippen LogP contribution in [0.4, 0.5) is 10.2 Å². The molecule has 3 atom stereocenters. The fourth-order valence-electron chi connectivity index (χ4n) is 5.33. The van der Waals surface area contributed by atoms with E-state index in [-0.39, 0.29) is 28.9 Å². The zero-order valence-electron chi connectivity index (χ0n) is 22.0. The maximum absolute atomic E-state index is 16.5. The zero-order chi connectivity index (χ0) is 28.6. The van der Waals surface area contributed by atoms with Crippen molar-refractivity contribution in [2.24, 2.45) is 0 Å². The summed E-state index contributed by atoms with van der Waals surface area (Å²) >= 11 is 5.98. The smallest absolute Gasteiger partial charge is 0.240 e. The Morgan fingerprint density at radius 2 is 1.63 bits per heavy atom. The first-order chi connectivity index (χ1) is 19.9. The van der Waals surface area contributed by atoms with E-state index < -0.39 is 30.2 Å². The van der Waals surface area contributed by atoms with Gasteiger partial charge in [-0.05, 0) is 40.4 Å². The quantitative estimate of drug-likeness (QED) is 0.206. The van der Waals surface area contributed by atoms with Gasteiger partial charge in [0.05, 0.1) is 20.0 Å². The van der Waals surface area contributed by atoms with Crippen molar-refractivity contribution in [2.45, 2.75) is 23.6 Å². The Hall–Kier alpha value is -4.09. The summed E-state index contributed by atoms with van der Waals surface area (Å²) in [4.78, 5) is 12.1. The number of ether oxygens (including phenoxy) is 3. The van der Waals surface area contributed by atoms with Crippen LogP contribution in [0.3, 0.4) is 0 Å². The standard InChI is InChI=1S/C30H27ClFN5O4/c1-39-22-14-12-21(13-15-22)30(19-8-4-2-5-9-19,20-10-6-3-7-11-20)41-16-23-25(38)29(32,17-40-23)37-18-34-24-26(33)35-28(31)36-27(24)37/h2-15,18,23,25,38H,16-17H2,1H3,(H2,33,35,36)/t23-,25-,29+/m1/s1. The molecule has 0 amide bonds. The first-order valence-corrected chi connectivity index (χ1v) is 13.3. The van der Waals surface area contributed by atoms with Gasteiger partial charge in [-0.25, -0.2) is 9.37 Å². The van der Waals surface area contributed by atoms with Gasteiger partial charge in [-0.15, -0.1) is 0 Å². The molecule has 3 aromatic carbocycles. The minimum absolute atomic E-state index is 0.00522. The molecule has 0 unspecified atom stereocenters. The summed E-state index contributed by atoms with van der Waals surface area (Å²) in [6.45, 7) is -0.617. The molecule has 210 valence electrons. The van der Waals surface area contributed by atoms with E-state index >= 15 is 4.39 Å². The van der Waals surface area contributed by atoms with E-state index in [9.17, 15) is 5.11 Å². The van der Waals surface area contributed by atoms with Crippen LogP contribution in [-0.2, 0) is 20.9 Å². The van der Waals surface area contributed by atoms with E-state index in [1.807, 2.05) is 84.9 Å². The Morgan fingerprint density at radius 1 is 1.02 bits per heavy atom. The fraction of sp³-hybridized carbons (Fsp3) is 0.233. The number of halogens is 2. The summed E-state index contributed by atoms with van der Waals surface area (Å²) < 4.78 is 35.6. The number of hydrogen-bond donors (Lipinski definition) is 2. The lowest BCUT2D eigenvalue weighted by molar-refractivity contribution is -0.0817. The van der Waals surface area contributed by atoms with Crippen molar-refractivity contribution in [3.05, 3.63) is 113 Å². The lowest BCUT2D eigenvalue weighted by atomic mass is 9.80. The minimum Gasteiger partial charge on any atom is -0.497 e. The first kappa shape index (κ1) is 27.1. The summed E-state index contributed by atoms with van der Waals surface area (Å²) in [6, 6.07) is 27.0. The van der Waals surface area contributed by atoms with Crippen LogP contribution in [0.25, 0.3) is 11.2 Å². The first-order valence-electron chi connectivity index (χ1n) is 12.9. The average molecular weight is 576 g/mol. The van der Waals surface area contributed by atoms with E-state index in [1.54, 1.807) is 7.11 Å². The lowest BCUT2D eigenvalue weighted by Crippen LogP contribution is -2.45. The molecule has 3 heterocycles. The minimum atomic E-state index is -2.41. The van der Waals surface area contributed by atoms with Gasteiger partial charge in [0.15, 0.2) is 11.5 Å². The number of aliphatic hydroxyl groups is 1. The van der Waals surface area contributed by atoms with E-state index in [4.69, 9.17) is 31.5 Å². The van der Waals surface area contributed by atoms with Crippen LogP contribution >= 0.6 is 11.6 Å². The third kappa shape index (κ3) is 4.58. The number of alkyl halides is 1. The van der Waals surface area contributed by atoms with Crippen molar-refractivity contribution in [1.29, 1.82) is 0 Å². The summed E-state index contributed by atoms with van der Waals surface area (Å²) in [7, 11) is 1.60.